The van der Waals surface area contributed by atoms with Crippen molar-refractivity contribution in [1.82, 2.24) is 19.5 Å². The highest BCUT2D eigenvalue weighted by Crippen LogP contribution is 2.38. The Kier molecular flexibility index (Phi) is 2.62. The van der Waals surface area contributed by atoms with Gasteiger partial charge in [0.2, 0.25) is 0 Å². The van der Waals surface area contributed by atoms with E-state index in [0.717, 1.165) is 10.9 Å². The standard InChI is InChI=1S/C10H12FN5O3/c11-10(6(18)1-5(2-17)19-10)16-4-15-7-8(12)13-3-14-9(7)16/h3-6,17-18H,1-2H2,(H2,12,13,14)/t5-,6+,10+/m0/s1. The molecule has 19 heavy (non-hydrogen) atoms. The fraction of sp³-hybridized carbons (Fsp3) is 0.500. The molecule has 0 radical (unpaired) electrons. The Labute approximate surface area is 106 Å². The van der Waals surface area contributed by atoms with E-state index >= 15 is 0 Å². The molecule has 102 valence electrons. The first-order valence-electron chi connectivity index (χ1n) is 5.66. The van der Waals surface area contributed by atoms with E-state index in [0.29, 0.717) is 0 Å². The minimum Gasteiger partial charge on any atom is -0.394 e. The quantitative estimate of drug-likeness (QED) is 0.648. The summed E-state index contributed by atoms with van der Waals surface area (Å²) in [6.45, 7) is -0.382. The van der Waals surface area contributed by atoms with E-state index in [-0.39, 0.29) is 30.0 Å². The molecule has 4 N–H and O–H groups in total. The van der Waals surface area contributed by atoms with Crippen LogP contribution in [-0.4, -0.2) is 48.5 Å². The third-order valence-corrected chi connectivity index (χ3v) is 3.12. The summed E-state index contributed by atoms with van der Waals surface area (Å²) in [5.74, 6) is -2.42. The summed E-state index contributed by atoms with van der Waals surface area (Å²) in [6, 6.07) is 0. The maximum atomic E-state index is 14.8. The number of aliphatic hydroxyl groups excluding tert-OH is 2. The number of aromatic nitrogens is 4. The number of aliphatic hydroxyl groups is 2. The Morgan fingerprint density at radius 2 is 2.32 bits per heavy atom. The second-order valence-corrected chi connectivity index (χ2v) is 4.33. The molecule has 0 spiro atoms. The number of nitrogen functional groups attached to an aromatic ring is 1. The van der Waals surface area contributed by atoms with Crippen LogP contribution in [0.15, 0.2) is 12.7 Å². The Bertz CT molecular complexity index is 620. The van der Waals surface area contributed by atoms with E-state index < -0.39 is 18.2 Å². The van der Waals surface area contributed by atoms with Crippen LogP contribution < -0.4 is 5.73 Å². The van der Waals surface area contributed by atoms with Gasteiger partial charge in [-0.15, -0.1) is 0 Å². The number of alkyl halides is 1. The lowest BCUT2D eigenvalue weighted by atomic mass is 10.2. The number of imidazole rings is 1. The zero-order valence-electron chi connectivity index (χ0n) is 9.77. The van der Waals surface area contributed by atoms with Crippen LogP contribution in [0.1, 0.15) is 6.42 Å². The van der Waals surface area contributed by atoms with Crippen LogP contribution in [0.5, 0.6) is 0 Å². The van der Waals surface area contributed by atoms with Crippen molar-refractivity contribution in [2.45, 2.75) is 24.6 Å². The van der Waals surface area contributed by atoms with E-state index in [1.54, 1.807) is 0 Å². The Morgan fingerprint density at radius 3 is 3.00 bits per heavy atom. The number of rotatable bonds is 2. The van der Waals surface area contributed by atoms with Crippen LogP contribution in [0, 0.1) is 0 Å². The summed E-state index contributed by atoms with van der Waals surface area (Å²) in [7, 11) is 0. The van der Waals surface area contributed by atoms with E-state index in [2.05, 4.69) is 15.0 Å². The number of nitrogens with zero attached hydrogens (tertiary/aromatic N) is 4. The van der Waals surface area contributed by atoms with Crippen molar-refractivity contribution in [3.63, 3.8) is 0 Å². The van der Waals surface area contributed by atoms with Gasteiger partial charge in [-0.25, -0.2) is 15.0 Å². The summed E-state index contributed by atoms with van der Waals surface area (Å²) < 4.78 is 20.8. The van der Waals surface area contributed by atoms with Crippen molar-refractivity contribution < 1.29 is 19.3 Å². The molecule has 1 aliphatic rings. The molecule has 1 saturated heterocycles. The highest BCUT2D eigenvalue weighted by molar-refractivity contribution is 5.81. The van der Waals surface area contributed by atoms with Crippen LogP contribution in [0.4, 0.5) is 10.2 Å². The minimum absolute atomic E-state index is 0.0206. The molecule has 9 heteroatoms. The SMILES string of the molecule is Nc1ncnc2c1ncn2[C@@]1(F)O[C@H](CO)C[C@H]1O. The predicted molar refractivity (Wildman–Crippen MR) is 61.4 cm³/mol. The summed E-state index contributed by atoms with van der Waals surface area (Å²) in [6.07, 6.45) is 0.0746. The second-order valence-electron chi connectivity index (χ2n) is 4.33. The van der Waals surface area contributed by atoms with Crippen molar-refractivity contribution in [2.24, 2.45) is 0 Å². The lowest BCUT2D eigenvalue weighted by molar-refractivity contribution is -0.235. The molecule has 3 rings (SSSR count). The van der Waals surface area contributed by atoms with Crippen LogP contribution in [0.25, 0.3) is 11.2 Å². The van der Waals surface area contributed by atoms with Gasteiger partial charge in [-0.2, -0.15) is 4.39 Å². The monoisotopic (exact) mass is 269 g/mol. The van der Waals surface area contributed by atoms with Gasteiger partial charge in [0, 0.05) is 6.42 Å². The third kappa shape index (κ3) is 1.66. The fourth-order valence-corrected chi connectivity index (χ4v) is 2.16. The summed E-state index contributed by atoms with van der Waals surface area (Å²) in [4.78, 5) is 11.6. The normalized spacial score (nSPS) is 31.1. The van der Waals surface area contributed by atoms with Gasteiger partial charge in [0.25, 0.3) is 0 Å². The molecule has 0 unspecified atom stereocenters. The molecule has 3 heterocycles. The van der Waals surface area contributed by atoms with Gasteiger partial charge in [0.05, 0.1) is 12.7 Å². The Hall–Kier alpha value is -1.84. The average molecular weight is 269 g/mol. The number of halogens is 1. The molecule has 2 aromatic rings. The van der Waals surface area contributed by atoms with Crippen LogP contribution in [0.2, 0.25) is 0 Å². The topological polar surface area (TPSA) is 119 Å². The second kappa shape index (κ2) is 4.08. The average Bonchev–Trinajstić information content (AvgIpc) is 2.94. The minimum atomic E-state index is -2.52. The third-order valence-electron chi connectivity index (χ3n) is 3.12. The molecule has 0 amide bonds. The molecular weight excluding hydrogens is 257 g/mol. The number of fused-ring (bicyclic) bond motifs is 1. The molecule has 1 fully saturated rings. The molecule has 0 saturated carbocycles. The van der Waals surface area contributed by atoms with E-state index in [9.17, 15) is 9.50 Å². The van der Waals surface area contributed by atoms with Gasteiger partial charge in [-0.1, -0.05) is 0 Å². The zero-order chi connectivity index (χ0) is 13.6. The lowest BCUT2D eigenvalue weighted by Gasteiger charge is -2.24. The van der Waals surface area contributed by atoms with Crippen molar-refractivity contribution >= 4 is 17.0 Å². The van der Waals surface area contributed by atoms with Gasteiger partial charge in [-0.05, 0) is 0 Å². The van der Waals surface area contributed by atoms with Gasteiger partial charge in [-0.3, -0.25) is 4.57 Å². The fourth-order valence-electron chi connectivity index (χ4n) is 2.16. The first-order chi connectivity index (χ1) is 9.06. The Morgan fingerprint density at radius 1 is 1.53 bits per heavy atom. The number of hydrogen-bond donors (Lipinski definition) is 3. The van der Waals surface area contributed by atoms with E-state index in [1.807, 2.05) is 0 Å². The maximum Gasteiger partial charge on any atom is 0.322 e. The molecule has 0 bridgehead atoms. The first-order valence-corrected chi connectivity index (χ1v) is 5.66. The van der Waals surface area contributed by atoms with Crippen molar-refractivity contribution in [3.8, 4) is 0 Å². The van der Waals surface area contributed by atoms with Gasteiger partial charge < -0.3 is 20.7 Å². The van der Waals surface area contributed by atoms with Gasteiger partial charge in [0.1, 0.15) is 24.3 Å². The van der Waals surface area contributed by atoms with Crippen molar-refractivity contribution in [2.75, 3.05) is 12.3 Å². The molecule has 2 aromatic heterocycles. The summed E-state index contributed by atoms with van der Waals surface area (Å²) in [5, 5.41) is 18.8. The van der Waals surface area contributed by atoms with Crippen molar-refractivity contribution in [1.29, 1.82) is 0 Å². The molecule has 0 aromatic carbocycles. The molecule has 0 aliphatic carbocycles. The van der Waals surface area contributed by atoms with Gasteiger partial charge in [0.15, 0.2) is 11.5 Å². The number of hydrogen-bond acceptors (Lipinski definition) is 7. The molecule has 3 atom stereocenters. The Balaban J connectivity index is 2.12. The lowest BCUT2D eigenvalue weighted by Crippen LogP contribution is -2.38. The smallest absolute Gasteiger partial charge is 0.322 e. The van der Waals surface area contributed by atoms with Gasteiger partial charge >= 0.3 is 5.98 Å². The first kappa shape index (κ1) is 12.2. The molecule has 1 aliphatic heterocycles. The summed E-state index contributed by atoms with van der Waals surface area (Å²) in [5.41, 5.74) is 5.95. The largest absolute Gasteiger partial charge is 0.394 e. The zero-order valence-corrected chi connectivity index (χ0v) is 9.77. The van der Waals surface area contributed by atoms with Crippen LogP contribution in [0.3, 0.4) is 0 Å². The highest BCUT2D eigenvalue weighted by Gasteiger charge is 2.51. The highest BCUT2D eigenvalue weighted by atomic mass is 19.2. The number of nitrogens with two attached hydrogens (primary N) is 1. The van der Waals surface area contributed by atoms with E-state index in [4.69, 9.17) is 15.6 Å². The molecule has 8 nitrogen and oxygen atoms in total. The summed E-state index contributed by atoms with van der Waals surface area (Å²) >= 11 is 0. The van der Waals surface area contributed by atoms with E-state index in [1.165, 1.54) is 6.33 Å². The number of ether oxygens (including phenoxy) is 1. The predicted octanol–water partition coefficient (Wildman–Crippen LogP) is -0.870. The maximum absolute atomic E-state index is 14.8. The van der Waals surface area contributed by atoms with Crippen molar-refractivity contribution in [3.05, 3.63) is 12.7 Å². The number of anilines is 1. The van der Waals surface area contributed by atoms with Crippen LogP contribution in [-0.2, 0) is 10.7 Å². The molecular formula is C10H12FN5O3. The van der Waals surface area contributed by atoms with Crippen LogP contribution >= 0.6 is 0 Å².